The third-order valence-electron chi connectivity index (χ3n) is 3.12. The van der Waals surface area contributed by atoms with Gasteiger partial charge in [-0.1, -0.05) is 42.4 Å². The van der Waals surface area contributed by atoms with Crippen LogP contribution in [0.1, 0.15) is 23.9 Å². The molecular weight excluding hydrogens is 276 g/mol. The molecule has 0 saturated carbocycles. The highest BCUT2D eigenvalue weighted by atomic mass is 32.2. The fourth-order valence-electron chi connectivity index (χ4n) is 2.13. The van der Waals surface area contributed by atoms with Gasteiger partial charge in [0.15, 0.2) is 5.76 Å². The van der Waals surface area contributed by atoms with Crippen LogP contribution in [0.4, 0.5) is 0 Å². The van der Waals surface area contributed by atoms with Crippen molar-refractivity contribution in [3.63, 3.8) is 0 Å². The van der Waals surface area contributed by atoms with Crippen molar-refractivity contribution >= 4 is 10.0 Å². The number of benzene rings is 1. The Bertz CT molecular complexity index is 658. The molecule has 108 valence electrons. The van der Waals surface area contributed by atoms with Gasteiger partial charge in [0.1, 0.15) is 10.6 Å². The molecule has 6 heteroatoms. The summed E-state index contributed by atoms with van der Waals surface area (Å²) in [5.41, 5.74) is 1.35. The summed E-state index contributed by atoms with van der Waals surface area (Å²) in [6.07, 6.45) is 0. The van der Waals surface area contributed by atoms with Gasteiger partial charge in [0, 0.05) is 13.1 Å². The van der Waals surface area contributed by atoms with Crippen LogP contribution >= 0.6 is 0 Å². The molecule has 0 aliphatic heterocycles. The van der Waals surface area contributed by atoms with E-state index < -0.39 is 10.0 Å². The molecule has 0 fully saturated rings. The summed E-state index contributed by atoms with van der Waals surface area (Å²) in [7, 11) is -3.59. The van der Waals surface area contributed by atoms with Crippen LogP contribution in [0.2, 0.25) is 0 Å². The molecule has 0 saturated heterocycles. The second kappa shape index (κ2) is 5.76. The van der Waals surface area contributed by atoms with Gasteiger partial charge < -0.3 is 4.52 Å². The Kier molecular flexibility index (Phi) is 4.25. The third kappa shape index (κ3) is 2.76. The summed E-state index contributed by atoms with van der Waals surface area (Å²) in [6.45, 7) is 5.80. The van der Waals surface area contributed by atoms with Gasteiger partial charge in [-0.2, -0.15) is 4.31 Å². The van der Waals surface area contributed by atoms with Crippen LogP contribution in [0.5, 0.6) is 0 Å². The van der Waals surface area contributed by atoms with Gasteiger partial charge in [0.05, 0.1) is 0 Å². The predicted molar refractivity (Wildman–Crippen MR) is 75.7 cm³/mol. The van der Waals surface area contributed by atoms with Crippen molar-refractivity contribution in [2.75, 3.05) is 6.54 Å². The first-order valence-corrected chi connectivity index (χ1v) is 7.87. The molecule has 1 aromatic carbocycles. The minimum atomic E-state index is -3.59. The van der Waals surface area contributed by atoms with Crippen LogP contribution < -0.4 is 0 Å². The molecule has 2 rings (SSSR count). The minimum absolute atomic E-state index is 0.176. The lowest BCUT2D eigenvalue weighted by Gasteiger charge is -2.20. The number of hydrogen-bond acceptors (Lipinski definition) is 4. The van der Waals surface area contributed by atoms with E-state index in [1.165, 1.54) is 4.31 Å². The summed E-state index contributed by atoms with van der Waals surface area (Å²) >= 11 is 0. The molecule has 2 aromatic rings. The fourth-order valence-corrected chi connectivity index (χ4v) is 3.85. The second-order valence-electron chi connectivity index (χ2n) is 4.57. The van der Waals surface area contributed by atoms with Crippen LogP contribution in [0.3, 0.4) is 0 Å². The number of sulfonamides is 1. The predicted octanol–water partition coefficient (Wildman–Crippen LogP) is 2.50. The summed E-state index contributed by atoms with van der Waals surface area (Å²) in [5.74, 6) is 0.328. The second-order valence-corrected chi connectivity index (χ2v) is 6.44. The molecule has 0 amide bonds. The molecule has 5 nitrogen and oxygen atoms in total. The van der Waals surface area contributed by atoms with Crippen LogP contribution in [-0.2, 0) is 16.6 Å². The fraction of sp³-hybridized carbons (Fsp3) is 0.357. The van der Waals surface area contributed by atoms with Crippen molar-refractivity contribution in [2.45, 2.75) is 32.2 Å². The Balaban J connectivity index is 2.36. The van der Waals surface area contributed by atoms with E-state index in [-0.39, 0.29) is 4.90 Å². The Morgan fingerprint density at radius 1 is 1.20 bits per heavy atom. The smallest absolute Gasteiger partial charge is 0.248 e. The first kappa shape index (κ1) is 14.7. The van der Waals surface area contributed by atoms with Crippen LogP contribution in [0.25, 0.3) is 0 Å². The van der Waals surface area contributed by atoms with Gasteiger partial charge in [0.2, 0.25) is 10.0 Å². The lowest BCUT2D eigenvalue weighted by Crippen LogP contribution is -2.31. The highest BCUT2D eigenvalue weighted by molar-refractivity contribution is 7.89. The SMILES string of the molecule is CCN(Cc1ccccc1)S(=O)(=O)c1c(C)noc1C. The number of hydrogen-bond donors (Lipinski definition) is 0. The average Bonchev–Trinajstić information content (AvgIpc) is 2.77. The number of rotatable bonds is 5. The van der Waals surface area contributed by atoms with Crippen molar-refractivity contribution < 1.29 is 12.9 Å². The van der Waals surface area contributed by atoms with E-state index in [1.807, 2.05) is 37.3 Å². The van der Waals surface area contributed by atoms with E-state index in [0.717, 1.165) is 5.56 Å². The molecule has 0 radical (unpaired) electrons. The molecule has 0 aliphatic rings. The molecule has 0 N–H and O–H groups in total. The normalized spacial score (nSPS) is 12.0. The molecular formula is C14H18N2O3S. The van der Waals surface area contributed by atoms with Gasteiger partial charge in [-0.05, 0) is 19.4 Å². The van der Waals surface area contributed by atoms with Gasteiger partial charge in [0.25, 0.3) is 0 Å². The number of nitrogens with zero attached hydrogens (tertiary/aromatic N) is 2. The third-order valence-corrected chi connectivity index (χ3v) is 5.29. The molecule has 20 heavy (non-hydrogen) atoms. The van der Waals surface area contributed by atoms with E-state index in [0.29, 0.717) is 24.5 Å². The van der Waals surface area contributed by atoms with E-state index in [1.54, 1.807) is 13.8 Å². The first-order valence-electron chi connectivity index (χ1n) is 6.43. The molecule has 0 spiro atoms. The van der Waals surface area contributed by atoms with E-state index in [2.05, 4.69) is 5.16 Å². The maximum atomic E-state index is 12.7. The topological polar surface area (TPSA) is 63.4 Å². The van der Waals surface area contributed by atoms with Crippen molar-refractivity contribution in [1.29, 1.82) is 0 Å². The van der Waals surface area contributed by atoms with Crippen molar-refractivity contribution in [1.82, 2.24) is 9.46 Å². The lowest BCUT2D eigenvalue weighted by atomic mass is 10.2. The summed E-state index contributed by atoms with van der Waals surface area (Å²) in [4.78, 5) is 0.176. The Morgan fingerprint density at radius 2 is 1.85 bits per heavy atom. The monoisotopic (exact) mass is 294 g/mol. The van der Waals surface area contributed by atoms with Gasteiger partial charge in [-0.3, -0.25) is 0 Å². The number of aryl methyl sites for hydroxylation is 2. The minimum Gasteiger partial charge on any atom is -0.360 e. The van der Waals surface area contributed by atoms with Crippen molar-refractivity contribution in [2.24, 2.45) is 0 Å². The summed E-state index contributed by atoms with van der Waals surface area (Å²) < 4.78 is 31.8. The maximum absolute atomic E-state index is 12.7. The van der Waals surface area contributed by atoms with Gasteiger partial charge in [-0.15, -0.1) is 0 Å². The summed E-state index contributed by atoms with van der Waals surface area (Å²) in [5, 5.41) is 3.73. The Morgan fingerprint density at radius 3 is 2.35 bits per heavy atom. The molecule has 0 atom stereocenters. The van der Waals surface area contributed by atoms with Crippen molar-refractivity contribution in [3.05, 3.63) is 47.3 Å². The van der Waals surface area contributed by atoms with Crippen LogP contribution in [0, 0.1) is 13.8 Å². The molecule has 1 aromatic heterocycles. The van der Waals surface area contributed by atoms with Crippen LogP contribution in [-0.4, -0.2) is 24.4 Å². The Labute approximate surface area is 119 Å². The average molecular weight is 294 g/mol. The van der Waals surface area contributed by atoms with Crippen LogP contribution in [0.15, 0.2) is 39.8 Å². The van der Waals surface area contributed by atoms with Crippen molar-refractivity contribution in [3.8, 4) is 0 Å². The van der Waals surface area contributed by atoms with Gasteiger partial charge in [-0.25, -0.2) is 8.42 Å². The quantitative estimate of drug-likeness (QED) is 0.850. The highest BCUT2D eigenvalue weighted by Crippen LogP contribution is 2.24. The largest absolute Gasteiger partial charge is 0.360 e. The van der Waals surface area contributed by atoms with Gasteiger partial charge >= 0.3 is 0 Å². The zero-order valence-electron chi connectivity index (χ0n) is 11.8. The van der Waals surface area contributed by atoms with E-state index in [9.17, 15) is 8.42 Å². The van der Waals surface area contributed by atoms with E-state index in [4.69, 9.17) is 4.52 Å². The first-order chi connectivity index (χ1) is 9.46. The highest BCUT2D eigenvalue weighted by Gasteiger charge is 2.29. The molecule has 0 unspecified atom stereocenters. The molecule has 0 aliphatic carbocycles. The Hall–Kier alpha value is -1.66. The maximum Gasteiger partial charge on any atom is 0.248 e. The lowest BCUT2D eigenvalue weighted by molar-refractivity contribution is 0.388. The standard InChI is InChI=1S/C14H18N2O3S/c1-4-16(10-13-8-6-5-7-9-13)20(17,18)14-11(2)15-19-12(14)3/h5-9H,4,10H2,1-3H3. The zero-order valence-corrected chi connectivity index (χ0v) is 12.6. The molecule has 0 bridgehead atoms. The van der Waals surface area contributed by atoms with E-state index >= 15 is 0 Å². The zero-order chi connectivity index (χ0) is 14.8. The number of aromatic nitrogens is 1. The summed E-state index contributed by atoms with van der Waals surface area (Å²) in [6, 6.07) is 9.51. The molecule has 1 heterocycles.